The largest absolute Gasteiger partial charge is 0.462 e. The first-order chi connectivity index (χ1) is 33.5. The number of hydrogen-bond acceptors (Lipinski definition) is 6. The fraction of sp³-hybridized carbons (Fsp3) is 0.790. The summed E-state index contributed by atoms with van der Waals surface area (Å²) in [6, 6.07) is 0. The molecule has 0 aliphatic carbocycles. The monoisotopic (exact) mass is 951 g/mol. The number of carbonyl (C=O) groups is 3. The Morgan fingerprint density at radius 2 is 0.574 bits per heavy atom. The van der Waals surface area contributed by atoms with E-state index in [0.717, 1.165) is 89.9 Å². The third-order valence-corrected chi connectivity index (χ3v) is 12.7. The lowest BCUT2D eigenvalue weighted by molar-refractivity contribution is -0.167. The lowest BCUT2D eigenvalue weighted by atomic mass is 10.1. The van der Waals surface area contributed by atoms with Crippen LogP contribution in [0.4, 0.5) is 0 Å². The van der Waals surface area contributed by atoms with Crippen LogP contribution in [-0.2, 0) is 28.6 Å². The first kappa shape index (κ1) is 65.1. The van der Waals surface area contributed by atoms with E-state index in [1.54, 1.807) is 0 Å². The van der Waals surface area contributed by atoms with Gasteiger partial charge in [-0.3, -0.25) is 14.4 Å². The van der Waals surface area contributed by atoms with Crippen molar-refractivity contribution in [2.45, 2.75) is 303 Å². The second-order valence-corrected chi connectivity index (χ2v) is 19.5. The van der Waals surface area contributed by atoms with E-state index in [-0.39, 0.29) is 31.1 Å². The van der Waals surface area contributed by atoms with Gasteiger partial charge in [0.15, 0.2) is 6.10 Å². The Labute approximate surface area is 421 Å². The Morgan fingerprint density at radius 3 is 0.941 bits per heavy atom. The standard InChI is InChI=1S/C62H110O6/c1-4-7-10-13-16-19-22-25-27-29-30-31-32-34-35-37-40-43-46-49-52-55-61(64)67-58-59(57-66-60(63)54-51-48-45-42-39-24-21-18-15-12-9-6-3)68-62(65)56-53-50-47-44-41-38-36-33-28-26-23-20-17-14-11-8-5-2/h8,11,17-18,20-21,26,28-30,59H,4-7,9-10,12-16,19,22-25,27,31-58H2,1-3H3/b11-8-,20-17-,21-18-,28-26-,30-29-. The molecule has 394 valence electrons. The Hall–Kier alpha value is -2.89. The zero-order valence-corrected chi connectivity index (χ0v) is 45.1. The molecule has 0 fully saturated rings. The molecule has 0 saturated heterocycles. The van der Waals surface area contributed by atoms with Crippen molar-refractivity contribution in [3.63, 3.8) is 0 Å². The molecule has 0 aromatic heterocycles. The summed E-state index contributed by atoms with van der Waals surface area (Å²) in [5.41, 5.74) is 0. The summed E-state index contributed by atoms with van der Waals surface area (Å²) < 4.78 is 16.9. The molecule has 0 radical (unpaired) electrons. The molecule has 0 aliphatic rings. The van der Waals surface area contributed by atoms with Crippen molar-refractivity contribution >= 4 is 17.9 Å². The molecule has 6 heteroatoms. The van der Waals surface area contributed by atoms with Gasteiger partial charge >= 0.3 is 17.9 Å². The molecule has 0 spiro atoms. The highest BCUT2D eigenvalue weighted by atomic mass is 16.6. The average Bonchev–Trinajstić information content (AvgIpc) is 3.34. The van der Waals surface area contributed by atoms with Crippen LogP contribution in [0, 0.1) is 0 Å². The van der Waals surface area contributed by atoms with Gasteiger partial charge in [0.1, 0.15) is 13.2 Å². The van der Waals surface area contributed by atoms with Crippen molar-refractivity contribution in [2.24, 2.45) is 0 Å². The first-order valence-electron chi connectivity index (χ1n) is 29.3. The number of esters is 3. The van der Waals surface area contributed by atoms with Crippen LogP contribution in [-0.4, -0.2) is 37.2 Å². The predicted molar refractivity (Wildman–Crippen MR) is 293 cm³/mol. The second-order valence-electron chi connectivity index (χ2n) is 19.5. The van der Waals surface area contributed by atoms with Crippen LogP contribution in [0.5, 0.6) is 0 Å². The number of ether oxygens (including phenoxy) is 3. The van der Waals surface area contributed by atoms with Crippen LogP contribution < -0.4 is 0 Å². The molecule has 0 aliphatic heterocycles. The molecule has 0 aromatic carbocycles. The average molecular weight is 952 g/mol. The molecular weight excluding hydrogens is 841 g/mol. The minimum atomic E-state index is -0.783. The summed E-state index contributed by atoms with van der Waals surface area (Å²) >= 11 is 0. The Morgan fingerprint density at radius 1 is 0.309 bits per heavy atom. The highest BCUT2D eigenvalue weighted by molar-refractivity contribution is 5.71. The summed E-state index contributed by atoms with van der Waals surface area (Å²) in [6.45, 7) is 6.51. The maximum Gasteiger partial charge on any atom is 0.306 e. The molecule has 68 heavy (non-hydrogen) atoms. The zero-order valence-electron chi connectivity index (χ0n) is 45.1. The van der Waals surface area contributed by atoms with Crippen LogP contribution in [0.3, 0.4) is 0 Å². The van der Waals surface area contributed by atoms with Gasteiger partial charge < -0.3 is 14.2 Å². The van der Waals surface area contributed by atoms with Gasteiger partial charge in [-0.05, 0) is 103 Å². The maximum absolute atomic E-state index is 12.9. The molecule has 0 aromatic rings. The molecule has 0 saturated carbocycles. The van der Waals surface area contributed by atoms with Crippen LogP contribution >= 0.6 is 0 Å². The van der Waals surface area contributed by atoms with Crippen LogP contribution in [0.1, 0.15) is 297 Å². The summed E-state index contributed by atoms with van der Waals surface area (Å²) in [5.74, 6) is -0.892. The highest BCUT2D eigenvalue weighted by Crippen LogP contribution is 2.16. The Balaban J connectivity index is 4.33. The van der Waals surface area contributed by atoms with E-state index in [4.69, 9.17) is 14.2 Å². The van der Waals surface area contributed by atoms with Gasteiger partial charge in [-0.25, -0.2) is 0 Å². The van der Waals surface area contributed by atoms with Gasteiger partial charge in [0, 0.05) is 19.3 Å². The van der Waals surface area contributed by atoms with Gasteiger partial charge in [-0.15, -0.1) is 0 Å². The Bertz CT molecular complexity index is 1230. The van der Waals surface area contributed by atoms with E-state index < -0.39 is 6.10 Å². The number of rotatable bonds is 53. The molecule has 0 bridgehead atoms. The molecule has 0 rings (SSSR count). The van der Waals surface area contributed by atoms with Crippen LogP contribution in [0.25, 0.3) is 0 Å². The summed E-state index contributed by atoms with van der Waals surface area (Å²) in [6.07, 6.45) is 70.7. The van der Waals surface area contributed by atoms with Crippen LogP contribution in [0.2, 0.25) is 0 Å². The van der Waals surface area contributed by atoms with Gasteiger partial charge in [0.25, 0.3) is 0 Å². The normalized spacial score (nSPS) is 12.5. The summed E-state index contributed by atoms with van der Waals surface area (Å²) in [5, 5.41) is 0. The highest BCUT2D eigenvalue weighted by Gasteiger charge is 2.19. The van der Waals surface area contributed by atoms with E-state index in [9.17, 15) is 14.4 Å². The van der Waals surface area contributed by atoms with Crippen molar-refractivity contribution in [3.8, 4) is 0 Å². The molecule has 0 amide bonds. The van der Waals surface area contributed by atoms with E-state index in [0.29, 0.717) is 19.3 Å². The predicted octanol–water partition coefficient (Wildman–Crippen LogP) is 19.6. The van der Waals surface area contributed by atoms with Gasteiger partial charge in [-0.1, -0.05) is 236 Å². The minimum absolute atomic E-state index is 0.0809. The number of carbonyl (C=O) groups excluding carboxylic acids is 3. The van der Waals surface area contributed by atoms with E-state index in [1.165, 1.54) is 167 Å². The SMILES string of the molecule is CC/C=C\C/C=C\C/C=C\CCCCCCCCCC(=O)OC(COC(=O)CCCCCCC/C=C\CCCCC)COC(=O)CCCCCCCCCCC/C=C\CCCCCCCCCC. The number of allylic oxidation sites excluding steroid dienone is 10. The molecule has 6 nitrogen and oxygen atoms in total. The summed E-state index contributed by atoms with van der Waals surface area (Å²) in [4.78, 5) is 38.1. The lowest BCUT2D eigenvalue weighted by Crippen LogP contribution is -2.30. The van der Waals surface area contributed by atoms with Crippen molar-refractivity contribution in [1.29, 1.82) is 0 Å². The second kappa shape index (κ2) is 56.7. The summed E-state index contributed by atoms with van der Waals surface area (Å²) in [7, 11) is 0. The van der Waals surface area contributed by atoms with Crippen LogP contribution in [0.15, 0.2) is 60.8 Å². The van der Waals surface area contributed by atoms with E-state index >= 15 is 0 Å². The maximum atomic E-state index is 12.9. The number of hydrogen-bond donors (Lipinski definition) is 0. The minimum Gasteiger partial charge on any atom is -0.462 e. The molecule has 0 heterocycles. The lowest BCUT2D eigenvalue weighted by Gasteiger charge is -2.18. The van der Waals surface area contributed by atoms with E-state index in [1.807, 2.05) is 0 Å². The van der Waals surface area contributed by atoms with Gasteiger partial charge in [-0.2, -0.15) is 0 Å². The van der Waals surface area contributed by atoms with Crippen molar-refractivity contribution in [1.82, 2.24) is 0 Å². The molecular formula is C62H110O6. The molecule has 1 atom stereocenters. The molecule has 1 unspecified atom stereocenters. The smallest absolute Gasteiger partial charge is 0.306 e. The zero-order chi connectivity index (χ0) is 49.3. The topological polar surface area (TPSA) is 78.9 Å². The fourth-order valence-corrected chi connectivity index (χ4v) is 8.33. The van der Waals surface area contributed by atoms with Crippen molar-refractivity contribution < 1.29 is 28.6 Å². The third-order valence-electron chi connectivity index (χ3n) is 12.7. The Kier molecular flexibility index (Phi) is 54.3. The molecule has 0 N–H and O–H groups in total. The fourth-order valence-electron chi connectivity index (χ4n) is 8.33. The number of unbranched alkanes of at least 4 members (excludes halogenated alkanes) is 32. The first-order valence-corrected chi connectivity index (χ1v) is 29.3. The third kappa shape index (κ3) is 54.1. The van der Waals surface area contributed by atoms with Crippen molar-refractivity contribution in [3.05, 3.63) is 60.8 Å². The van der Waals surface area contributed by atoms with Gasteiger partial charge in [0.05, 0.1) is 0 Å². The van der Waals surface area contributed by atoms with Crippen molar-refractivity contribution in [2.75, 3.05) is 13.2 Å². The van der Waals surface area contributed by atoms with E-state index in [2.05, 4.69) is 81.5 Å². The quantitative estimate of drug-likeness (QED) is 0.0262. The van der Waals surface area contributed by atoms with Gasteiger partial charge in [0.2, 0.25) is 0 Å².